The average Bonchev–Trinajstić information content (AvgIpc) is 3.25. The lowest BCUT2D eigenvalue weighted by molar-refractivity contribution is -0.159. The van der Waals surface area contributed by atoms with Crippen molar-refractivity contribution in [2.75, 3.05) is 31.9 Å². The quantitative estimate of drug-likeness (QED) is 0.518. The Morgan fingerprint density at radius 2 is 1.38 bits per heavy atom. The fourth-order valence-corrected chi connectivity index (χ4v) is 8.84. The molecule has 3 fully saturated rings. The first-order valence-electron chi connectivity index (χ1n) is 13.2. The summed E-state index contributed by atoms with van der Waals surface area (Å²) in [5.74, 6) is -3.18. The first-order chi connectivity index (χ1) is 18.4. The van der Waals surface area contributed by atoms with Crippen LogP contribution in [0.2, 0.25) is 0 Å². The predicted octanol–water partition coefficient (Wildman–Crippen LogP) is 3.27. The number of Topliss-reactive ketones (excluding diaryl/α,β-unsaturated/α-hetero) is 1. The summed E-state index contributed by atoms with van der Waals surface area (Å²) >= 11 is 0. The van der Waals surface area contributed by atoms with Crippen molar-refractivity contribution in [2.24, 2.45) is 16.7 Å². The number of sulfonamides is 1. The zero-order valence-electron chi connectivity index (χ0n) is 22.3. The lowest BCUT2D eigenvalue weighted by Gasteiger charge is -2.41. The van der Waals surface area contributed by atoms with E-state index >= 15 is 0 Å². The molecule has 210 valence electrons. The fourth-order valence-electron chi connectivity index (χ4n) is 6.64. The van der Waals surface area contributed by atoms with Crippen LogP contribution >= 0.6 is 0 Å². The van der Waals surface area contributed by atoms with E-state index in [1.165, 1.54) is 11.1 Å². The Bertz CT molecular complexity index is 1250. The number of carbonyl (C=O) groups is 3. The van der Waals surface area contributed by atoms with Gasteiger partial charge in [-0.15, -0.1) is 0 Å². The van der Waals surface area contributed by atoms with E-state index in [0.717, 1.165) is 6.42 Å². The number of benzene rings is 2. The van der Waals surface area contributed by atoms with Crippen LogP contribution in [0.3, 0.4) is 0 Å². The molecule has 39 heavy (non-hydrogen) atoms. The molecule has 0 amide bonds. The minimum absolute atomic E-state index is 0.0247. The summed E-state index contributed by atoms with van der Waals surface area (Å²) in [6, 6.07) is 20.9. The molecule has 1 heterocycles. The first kappa shape index (κ1) is 28.9. The molecule has 1 aliphatic heterocycles. The SMILES string of the molecule is CC1(C)C2CCC1(CS(=O)(=O)N1CCN(C(c3ccccc3)c3ccccc3)CC1)C(=O)C2.O=C(O)C(=O)O. The van der Waals surface area contributed by atoms with Crippen molar-refractivity contribution in [1.29, 1.82) is 0 Å². The molecule has 3 aliphatic rings. The number of ketones is 1. The molecule has 2 aromatic rings. The van der Waals surface area contributed by atoms with Crippen LogP contribution in [-0.2, 0) is 24.4 Å². The van der Waals surface area contributed by atoms with Crippen LogP contribution in [0.25, 0.3) is 0 Å². The number of hydrogen-bond donors (Lipinski definition) is 2. The molecule has 1 saturated heterocycles. The highest BCUT2D eigenvalue weighted by Crippen LogP contribution is 2.64. The Labute approximate surface area is 229 Å². The molecule has 2 atom stereocenters. The van der Waals surface area contributed by atoms with Gasteiger partial charge in [0.2, 0.25) is 10.0 Å². The van der Waals surface area contributed by atoms with E-state index in [1.807, 2.05) is 12.1 Å². The van der Waals surface area contributed by atoms with Gasteiger partial charge in [-0.2, -0.15) is 4.31 Å². The van der Waals surface area contributed by atoms with Crippen molar-refractivity contribution in [3.05, 3.63) is 71.8 Å². The van der Waals surface area contributed by atoms with Gasteiger partial charge in [-0.05, 0) is 35.3 Å². The van der Waals surface area contributed by atoms with Gasteiger partial charge in [0, 0.05) is 38.0 Å². The van der Waals surface area contributed by atoms with Gasteiger partial charge in [0.05, 0.1) is 11.8 Å². The Morgan fingerprint density at radius 3 is 1.77 bits per heavy atom. The molecule has 2 aliphatic carbocycles. The molecule has 0 aromatic heterocycles. The third kappa shape index (κ3) is 5.64. The maximum Gasteiger partial charge on any atom is 0.414 e. The van der Waals surface area contributed by atoms with Crippen molar-refractivity contribution in [2.45, 2.75) is 39.2 Å². The number of aliphatic carboxylic acids is 2. The molecule has 0 spiro atoms. The number of fused-ring (bicyclic) bond motifs is 2. The first-order valence-corrected chi connectivity index (χ1v) is 14.8. The van der Waals surface area contributed by atoms with Crippen molar-refractivity contribution >= 4 is 27.7 Å². The molecule has 5 rings (SSSR count). The molecule has 9 nitrogen and oxygen atoms in total. The summed E-state index contributed by atoms with van der Waals surface area (Å²) < 4.78 is 28.7. The molecule has 2 bridgehead atoms. The highest BCUT2D eigenvalue weighted by molar-refractivity contribution is 7.89. The zero-order valence-corrected chi connectivity index (χ0v) is 23.1. The Morgan fingerprint density at radius 1 is 0.897 bits per heavy atom. The van der Waals surface area contributed by atoms with Gasteiger partial charge in [0.15, 0.2) is 0 Å². The minimum atomic E-state index is -3.51. The van der Waals surface area contributed by atoms with Crippen molar-refractivity contribution in [3.63, 3.8) is 0 Å². The van der Waals surface area contributed by atoms with Crippen molar-refractivity contribution < 1.29 is 33.0 Å². The summed E-state index contributed by atoms with van der Waals surface area (Å²) in [7, 11) is -3.51. The van der Waals surface area contributed by atoms with E-state index in [4.69, 9.17) is 19.8 Å². The van der Waals surface area contributed by atoms with E-state index in [1.54, 1.807) is 4.31 Å². The molecular weight excluding hydrogens is 520 g/mol. The number of carbonyl (C=O) groups excluding carboxylic acids is 1. The van der Waals surface area contributed by atoms with Crippen LogP contribution in [-0.4, -0.2) is 77.5 Å². The van der Waals surface area contributed by atoms with Crippen LogP contribution in [0, 0.1) is 16.7 Å². The monoisotopic (exact) mass is 556 g/mol. The van der Waals surface area contributed by atoms with Crippen molar-refractivity contribution in [1.82, 2.24) is 9.21 Å². The topological polar surface area (TPSA) is 132 Å². The smallest absolute Gasteiger partial charge is 0.414 e. The van der Waals surface area contributed by atoms with Crippen LogP contribution < -0.4 is 0 Å². The van der Waals surface area contributed by atoms with E-state index in [0.29, 0.717) is 44.9 Å². The maximum absolute atomic E-state index is 13.5. The standard InChI is InChI=1S/C27H34N2O3S.C2H2O4/c1-26(2)23-13-14-27(26,24(30)19-23)20-33(31,32)29-17-15-28(16-18-29)25(21-9-5-3-6-10-21)22-11-7-4-8-12-22;3-1(4)2(5)6/h3-12,23,25H,13-20H2,1-2H3;(H,3,4)(H,5,6). The predicted molar refractivity (Wildman–Crippen MR) is 145 cm³/mol. The second-order valence-corrected chi connectivity index (χ2v) is 13.2. The Hall–Kier alpha value is -3.08. The zero-order chi connectivity index (χ0) is 28.4. The lowest BCUT2D eigenvalue weighted by Crippen LogP contribution is -2.53. The number of nitrogens with zero attached hydrogens (tertiary/aromatic N) is 2. The van der Waals surface area contributed by atoms with Crippen LogP contribution in [0.15, 0.2) is 60.7 Å². The van der Waals surface area contributed by atoms with Gasteiger partial charge >= 0.3 is 11.9 Å². The van der Waals surface area contributed by atoms with Gasteiger partial charge in [-0.3, -0.25) is 9.69 Å². The Kier molecular flexibility index (Phi) is 8.30. The van der Waals surface area contributed by atoms with Gasteiger partial charge in [0.1, 0.15) is 5.78 Å². The molecule has 2 N–H and O–H groups in total. The average molecular weight is 557 g/mol. The fraction of sp³-hybridized carbons (Fsp3) is 0.483. The van der Waals surface area contributed by atoms with E-state index in [-0.39, 0.29) is 23.0 Å². The summed E-state index contributed by atoms with van der Waals surface area (Å²) in [4.78, 5) is 33.5. The van der Waals surface area contributed by atoms with Gasteiger partial charge in [-0.25, -0.2) is 18.0 Å². The number of rotatable bonds is 6. The highest BCUT2D eigenvalue weighted by atomic mass is 32.2. The second-order valence-electron chi connectivity index (χ2n) is 11.2. The van der Waals surface area contributed by atoms with Crippen LogP contribution in [0.1, 0.15) is 50.3 Å². The molecular formula is C29H36N2O7S. The summed E-state index contributed by atoms with van der Waals surface area (Å²) in [5, 5.41) is 14.8. The van der Waals surface area contributed by atoms with E-state index < -0.39 is 27.4 Å². The van der Waals surface area contributed by atoms with Gasteiger partial charge in [0.25, 0.3) is 0 Å². The largest absolute Gasteiger partial charge is 0.473 e. The van der Waals surface area contributed by atoms with Crippen LogP contribution in [0.5, 0.6) is 0 Å². The number of carboxylic acids is 2. The van der Waals surface area contributed by atoms with Crippen molar-refractivity contribution in [3.8, 4) is 0 Å². The second kappa shape index (κ2) is 11.2. The number of carboxylic acid groups (broad SMARTS) is 2. The van der Waals surface area contributed by atoms with E-state index in [9.17, 15) is 13.2 Å². The third-order valence-corrected chi connectivity index (χ3v) is 11.0. The number of hydrogen-bond acceptors (Lipinski definition) is 6. The minimum Gasteiger partial charge on any atom is -0.473 e. The van der Waals surface area contributed by atoms with Gasteiger partial charge in [-0.1, -0.05) is 74.5 Å². The normalized spacial score (nSPS) is 24.8. The summed E-state index contributed by atoms with van der Waals surface area (Å²) in [6.07, 6.45) is 2.23. The van der Waals surface area contributed by atoms with E-state index in [2.05, 4.69) is 67.3 Å². The summed E-state index contributed by atoms with van der Waals surface area (Å²) in [6.45, 7) is 6.47. The van der Waals surface area contributed by atoms with Crippen LogP contribution in [0.4, 0.5) is 0 Å². The summed E-state index contributed by atoms with van der Waals surface area (Å²) in [5.41, 5.74) is 1.50. The molecule has 10 heteroatoms. The number of piperazine rings is 1. The maximum atomic E-state index is 13.5. The molecule has 0 radical (unpaired) electrons. The third-order valence-electron chi connectivity index (χ3n) is 9.01. The van der Waals surface area contributed by atoms with Gasteiger partial charge < -0.3 is 10.2 Å². The lowest BCUT2D eigenvalue weighted by atomic mass is 9.70. The highest BCUT2D eigenvalue weighted by Gasteiger charge is 2.65. The molecule has 2 unspecified atom stereocenters. The Balaban J connectivity index is 0.000000531. The molecule has 2 saturated carbocycles. The molecule has 2 aromatic carbocycles.